The third-order valence-electron chi connectivity index (χ3n) is 5.48. The maximum absolute atomic E-state index is 13.0. The number of aryl methyl sites for hydroxylation is 1. The van der Waals surface area contributed by atoms with Gasteiger partial charge < -0.3 is 29.5 Å². The zero-order valence-electron chi connectivity index (χ0n) is 20.2. The molecule has 0 spiro atoms. The minimum absolute atomic E-state index is 0.141. The summed E-state index contributed by atoms with van der Waals surface area (Å²) in [5.74, 6) is 0.850. The van der Waals surface area contributed by atoms with Crippen molar-refractivity contribution >= 4 is 29.2 Å². The van der Waals surface area contributed by atoms with Crippen molar-refractivity contribution in [3.8, 4) is 23.0 Å². The highest BCUT2D eigenvalue weighted by Crippen LogP contribution is 2.41. The molecule has 2 aromatic carbocycles. The number of hydrogen-bond acceptors (Lipinski definition) is 7. The number of benzene rings is 2. The van der Waals surface area contributed by atoms with Crippen LogP contribution in [-0.2, 0) is 6.54 Å². The molecule has 0 aliphatic carbocycles. The van der Waals surface area contributed by atoms with E-state index in [9.17, 15) is 14.7 Å². The van der Waals surface area contributed by atoms with E-state index in [-0.39, 0.29) is 40.3 Å². The fourth-order valence-corrected chi connectivity index (χ4v) is 3.80. The van der Waals surface area contributed by atoms with Gasteiger partial charge in [0.1, 0.15) is 35.0 Å². The molecule has 0 saturated carbocycles. The molecule has 2 amide bonds. The van der Waals surface area contributed by atoms with Gasteiger partial charge in [0.2, 0.25) is 0 Å². The first-order valence-corrected chi connectivity index (χ1v) is 11.8. The number of carbonyl (C=O) groups is 2. The van der Waals surface area contributed by atoms with Gasteiger partial charge in [0.05, 0.1) is 18.7 Å². The lowest BCUT2D eigenvalue weighted by Crippen LogP contribution is -2.27. The summed E-state index contributed by atoms with van der Waals surface area (Å²) < 4.78 is 19.2. The number of nitrogens with zero attached hydrogens (tertiary/aromatic N) is 3. The molecule has 1 atom stereocenters. The van der Waals surface area contributed by atoms with E-state index in [4.69, 9.17) is 25.8 Å². The molecule has 11 heteroatoms. The van der Waals surface area contributed by atoms with Crippen LogP contribution in [0.2, 0.25) is 5.02 Å². The number of ether oxygens (including phenoxy) is 3. The Morgan fingerprint density at radius 2 is 2.06 bits per heavy atom. The van der Waals surface area contributed by atoms with E-state index in [0.29, 0.717) is 36.8 Å². The van der Waals surface area contributed by atoms with Crippen molar-refractivity contribution in [3.05, 3.63) is 58.7 Å². The maximum atomic E-state index is 13.0. The van der Waals surface area contributed by atoms with Crippen molar-refractivity contribution in [2.75, 3.05) is 32.1 Å². The molecule has 0 bridgehead atoms. The van der Waals surface area contributed by atoms with Gasteiger partial charge in [-0.05, 0) is 38.1 Å². The SMILES string of the molecule is CCn1ccc(NC(=O)c2cc(Oc3ccc4c(c3Cl)OCCN(C)C4=O)cc(O[C@@H](C)CO)c2)n1. The number of likely N-dealkylation sites (N-methyl/N-ethyl adjacent to an activating group) is 1. The molecule has 36 heavy (non-hydrogen) atoms. The number of fused-ring (bicyclic) bond motifs is 1. The lowest BCUT2D eigenvalue weighted by atomic mass is 10.1. The van der Waals surface area contributed by atoms with Gasteiger partial charge in [0.25, 0.3) is 11.8 Å². The van der Waals surface area contributed by atoms with Crippen LogP contribution in [0.4, 0.5) is 5.82 Å². The highest BCUT2D eigenvalue weighted by molar-refractivity contribution is 6.34. The zero-order chi connectivity index (χ0) is 25.8. The fourth-order valence-electron chi connectivity index (χ4n) is 3.54. The Labute approximate surface area is 213 Å². The topological polar surface area (TPSA) is 115 Å². The first-order valence-electron chi connectivity index (χ1n) is 11.4. The van der Waals surface area contributed by atoms with Crippen LogP contribution in [0.3, 0.4) is 0 Å². The number of amides is 2. The number of hydrogen-bond donors (Lipinski definition) is 2. The number of rotatable bonds is 8. The van der Waals surface area contributed by atoms with Crippen LogP contribution < -0.4 is 19.5 Å². The largest absolute Gasteiger partial charge is 0.489 e. The molecule has 1 aromatic heterocycles. The summed E-state index contributed by atoms with van der Waals surface area (Å²) in [6.45, 7) is 4.81. The van der Waals surface area contributed by atoms with Crippen LogP contribution in [0.25, 0.3) is 0 Å². The maximum Gasteiger partial charge on any atom is 0.257 e. The minimum Gasteiger partial charge on any atom is -0.489 e. The molecule has 2 heterocycles. The Hall–Kier alpha value is -3.76. The van der Waals surface area contributed by atoms with Gasteiger partial charge in [0.15, 0.2) is 11.6 Å². The van der Waals surface area contributed by atoms with Crippen LogP contribution in [0.15, 0.2) is 42.6 Å². The molecule has 1 aliphatic heterocycles. The van der Waals surface area contributed by atoms with E-state index in [1.165, 1.54) is 6.07 Å². The average molecular weight is 515 g/mol. The van der Waals surface area contributed by atoms with Crippen molar-refractivity contribution in [2.24, 2.45) is 0 Å². The summed E-state index contributed by atoms with van der Waals surface area (Å²) in [4.78, 5) is 27.1. The Kier molecular flexibility index (Phi) is 7.66. The molecule has 4 rings (SSSR count). The van der Waals surface area contributed by atoms with Gasteiger partial charge in [-0.1, -0.05) is 11.6 Å². The molecule has 190 valence electrons. The number of aliphatic hydroxyl groups is 1. The molecule has 0 unspecified atom stereocenters. The second-order valence-corrected chi connectivity index (χ2v) is 8.62. The Morgan fingerprint density at radius 1 is 1.28 bits per heavy atom. The summed E-state index contributed by atoms with van der Waals surface area (Å²) in [5, 5.41) is 16.6. The third kappa shape index (κ3) is 5.55. The molecular weight excluding hydrogens is 488 g/mol. The standard InChI is InChI=1S/C25H27ClN4O6/c1-4-30-8-7-21(28-30)27-24(32)16-11-17(35-15(2)14-31)13-18(12-16)36-20-6-5-19-23(22(20)26)34-10-9-29(3)25(19)33/h5-8,11-13,15,31H,4,9-10,14H2,1-3H3,(H,27,28,32)/t15-/m0/s1. The predicted octanol–water partition coefficient (Wildman–Crippen LogP) is 3.83. The molecule has 2 N–H and O–H groups in total. The van der Waals surface area contributed by atoms with Crippen LogP contribution in [0.1, 0.15) is 34.6 Å². The highest BCUT2D eigenvalue weighted by Gasteiger charge is 2.25. The van der Waals surface area contributed by atoms with E-state index >= 15 is 0 Å². The summed E-state index contributed by atoms with van der Waals surface area (Å²) >= 11 is 6.56. The van der Waals surface area contributed by atoms with E-state index < -0.39 is 12.0 Å². The normalized spacial score (nSPS) is 13.9. The molecular formula is C25H27ClN4O6. The van der Waals surface area contributed by atoms with Gasteiger partial charge in [-0.25, -0.2) is 0 Å². The lowest BCUT2D eigenvalue weighted by Gasteiger charge is -2.17. The van der Waals surface area contributed by atoms with E-state index in [1.54, 1.807) is 60.1 Å². The van der Waals surface area contributed by atoms with Crippen LogP contribution in [-0.4, -0.2) is 64.5 Å². The number of carbonyl (C=O) groups excluding carboxylic acids is 2. The summed E-state index contributed by atoms with van der Waals surface area (Å²) in [6.07, 6.45) is 1.25. The van der Waals surface area contributed by atoms with Crippen LogP contribution >= 0.6 is 11.6 Å². The Morgan fingerprint density at radius 3 is 2.78 bits per heavy atom. The molecule has 3 aromatic rings. The average Bonchev–Trinajstić information content (AvgIpc) is 3.27. The second-order valence-electron chi connectivity index (χ2n) is 8.25. The van der Waals surface area contributed by atoms with Gasteiger partial charge in [-0.2, -0.15) is 5.10 Å². The second kappa shape index (κ2) is 10.9. The van der Waals surface area contributed by atoms with E-state index in [2.05, 4.69) is 10.4 Å². The Balaban J connectivity index is 1.65. The van der Waals surface area contributed by atoms with Crippen LogP contribution in [0.5, 0.6) is 23.0 Å². The van der Waals surface area contributed by atoms with Crippen LogP contribution in [0, 0.1) is 0 Å². The highest BCUT2D eigenvalue weighted by atomic mass is 35.5. The smallest absolute Gasteiger partial charge is 0.257 e. The predicted molar refractivity (Wildman–Crippen MR) is 133 cm³/mol. The molecule has 0 radical (unpaired) electrons. The number of nitrogens with one attached hydrogen (secondary N) is 1. The monoisotopic (exact) mass is 514 g/mol. The van der Waals surface area contributed by atoms with Crippen molar-refractivity contribution in [3.63, 3.8) is 0 Å². The van der Waals surface area contributed by atoms with Gasteiger partial charge in [-0.15, -0.1) is 0 Å². The van der Waals surface area contributed by atoms with Gasteiger partial charge >= 0.3 is 0 Å². The quantitative estimate of drug-likeness (QED) is 0.469. The molecule has 10 nitrogen and oxygen atoms in total. The van der Waals surface area contributed by atoms with Crippen molar-refractivity contribution in [1.82, 2.24) is 14.7 Å². The van der Waals surface area contributed by atoms with Gasteiger partial charge in [0, 0.05) is 37.5 Å². The number of aromatic nitrogens is 2. The summed E-state index contributed by atoms with van der Waals surface area (Å²) in [7, 11) is 1.69. The first-order chi connectivity index (χ1) is 17.3. The third-order valence-corrected chi connectivity index (χ3v) is 5.84. The fraction of sp³-hybridized carbons (Fsp3) is 0.320. The summed E-state index contributed by atoms with van der Waals surface area (Å²) in [6, 6.07) is 9.51. The number of halogens is 1. The summed E-state index contributed by atoms with van der Waals surface area (Å²) in [5.41, 5.74) is 0.588. The minimum atomic E-state index is -0.510. The molecule has 0 fully saturated rings. The molecule has 1 aliphatic rings. The zero-order valence-corrected chi connectivity index (χ0v) is 20.9. The van der Waals surface area contributed by atoms with Crippen molar-refractivity contribution in [1.29, 1.82) is 0 Å². The van der Waals surface area contributed by atoms with Crippen molar-refractivity contribution in [2.45, 2.75) is 26.5 Å². The van der Waals surface area contributed by atoms with Gasteiger partial charge in [-0.3, -0.25) is 14.3 Å². The number of anilines is 1. The first kappa shape index (κ1) is 25.3. The van der Waals surface area contributed by atoms with E-state index in [1.807, 2.05) is 6.92 Å². The number of aliphatic hydroxyl groups excluding tert-OH is 1. The molecule has 0 saturated heterocycles. The Bertz CT molecular complexity index is 1280. The van der Waals surface area contributed by atoms with E-state index in [0.717, 1.165) is 0 Å². The lowest BCUT2D eigenvalue weighted by molar-refractivity contribution is 0.0796. The van der Waals surface area contributed by atoms with Crippen molar-refractivity contribution < 1.29 is 28.9 Å².